The van der Waals surface area contributed by atoms with Crippen LogP contribution in [0.25, 0.3) is 0 Å². The molecule has 1 aromatic carbocycles. The molecule has 0 saturated carbocycles. The number of benzene rings is 1. The van der Waals surface area contributed by atoms with Crippen molar-refractivity contribution in [3.63, 3.8) is 0 Å². The molecule has 0 spiro atoms. The van der Waals surface area contributed by atoms with Crippen molar-refractivity contribution >= 4 is 15.9 Å². The summed E-state index contributed by atoms with van der Waals surface area (Å²) >= 11 is 3.51. The number of fused-ring (bicyclic) bond motifs is 1. The average molecular weight is 350 g/mol. The lowest BCUT2D eigenvalue weighted by Gasteiger charge is -2.18. The van der Waals surface area contributed by atoms with Crippen molar-refractivity contribution in [2.24, 2.45) is 7.05 Å². The first-order valence-electron chi connectivity index (χ1n) is 7.28. The lowest BCUT2D eigenvalue weighted by molar-refractivity contribution is 0.315. The van der Waals surface area contributed by atoms with Crippen molar-refractivity contribution in [2.45, 2.75) is 32.4 Å². The van der Waals surface area contributed by atoms with Gasteiger partial charge < -0.3 is 10.1 Å². The maximum Gasteiger partial charge on any atom is 0.125 e. The molecule has 1 unspecified atom stereocenters. The first-order valence-corrected chi connectivity index (χ1v) is 8.07. The molecule has 0 saturated heterocycles. The van der Waals surface area contributed by atoms with Crippen LogP contribution >= 0.6 is 15.9 Å². The molecular weight excluding hydrogens is 330 g/mol. The molecule has 1 atom stereocenters. The number of aromatic nitrogens is 2. The predicted octanol–water partition coefficient (Wildman–Crippen LogP) is 3.49. The number of hydrogen-bond donors (Lipinski definition) is 1. The Morgan fingerprint density at radius 2 is 2.33 bits per heavy atom. The van der Waals surface area contributed by atoms with E-state index in [9.17, 15) is 0 Å². The molecule has 3 rings (SSSR count). The largest absolute Gasteiger partial charge is 0.493 e. The van der Waals surface area contributed by atoms with Crippen LogP contribution in [0.15, 0.2) is 28.9 Å². The maximum atomic E-state index is 5.85. The Labute approximate surface area is 133 Å². The normalized spacial score (nSPS) is 18.0. The summed E-state index contributed by atoms with van der Waals surface area (Å²) in [5.74, 6) is 0.988. The molecule has 1 aromatic heterocycles. The fourth-order valence-electron chi connectivity index (χ4n) is 2.81. The zero-order chi connectivity index (χ0) is 14.8. The van der Waals surface area contributed by atoms with Crippen LogP contribution in [0.2, 0.25) is 0 Å². The smallest absolute Gasteiger partial charge is 0.125 e. The zero-order valence-corrected chi connectivity index (χ0v) is 14.0. The van der Waals surface area contributed by atoms with Gasteiger partial charge in [-0.05, 0) is 31.9 Å². The van der Waals surface area contributed by atoms with E-state index in [1.807, 2.05) is 11.7 Å². The highest BCUT2D eigenvalue weighted by molar-refractivity contribution is 9.10. The van der Waals surface area contributed by atoms with Gasteiger partial charge in [0.2, 0.25) is 0 Å². The molecule has 2 heterocycles. The highest BCUT2D eigenvalue weighted by atomic mass is 79.9. The molecule has 4 nitrogen and oxygen atoms in total. The van der Waals surface area contributed by atoms with Crippen LogP contribution in [0.3, 0.4) is 0 Å². The quantitative estimate of drug-likeness (QED) is 0.921. The van der Waals surface area contributed by atoms with E-state index in [2.05, 4.69) is 57.7 Å². The van der Waals surface area contributed by atoms with Crippen LogP contribution in [0.4, 0.5) is 0 Å². The highest BCUT2D eigenvalue weighted by Gasteiger charge is 2.20. The van der Waals surface area contributed by atoms with Crippen molar-refractivity contribution in [3.05, 3.63) is 45.7 Å². The molecule has 0 amide bonds. The summed E-state index contributed by atoms with van der Waals surface area (Å²) in [4.78, 5) is 0. The Hall–Kier alpha value is -1.33. The van der Waals surface area contributed by atoms with Crippen molar-refractivity contribution in [1.82, 2.24) is 15.1 Å². The minimum absolute atomic E-state index is 0.329. The minimum atomic E-state index is 0.329. The van der Waals surface area contributed by atoms with Crippen LogP contribution in [0, 0.1) is 6.92 Å². The monoisotopic (exact) mass is 349 g/mol. The molecule has 21 heavy (non-hydrogen) atoms. The van der Waals surface area contributed by atoms with Crippen molar-refractivity contribution in [2.75, 3.05) is 6.61 Å². The maximum absolute atomic E-state index is 5.85. The van der Waals surface area contributed by atoms with E-state index in [1.165, 1.54) is 11.1 Å². The van der Waals surface area contributed by atoms with Gasteiger partial charge in [-0.3, -0.25) is 4.68 Å². The second kappa shape index (κ2) is 6.20. The molecule has 0 fully saturated rings. The lowest BCUT2D eigenvalue weighted by atomic mass is 10.0. The molecule has 5 heteroatoms. The Balaban J connectivity index is 1.78. The topological polar surface area (TPSA) is 39.1 Å². The third kappa shape index (κ3) is 3.30. The second-order valence-corrected chi connectivity index (χ2v) is 6.44. The number of hydrogen-bond acceptors (Lipinski definition) is 3. The van der Waals surface area contributed by atoms with Gasteiger partial charge in [-0.25, -0.2) is 0 Å². The number of ether oxygens (including phenoxy) is 1. The van der Waals surface area contributed by atoms with Gasteiger partial charge in [-0.2, -0.15) is 5.10 Å². The number of aryl methyl sites for hydroxylation is 2. The fourth-order valence-corrected chi connectivity index (χ4v) is 3.15. The summed E-state index contributed by atoms with van der Waals surface area (Å²) in [6.45, 7) is 3.67. The Bertz CT molecular complexity index is 638. The van der Waals surface area contributed by atoms with Gasteiger partial charge in [0, 0.05) is 41.4 Å². The van der Waals surface area contributed by atoms with E-state index < -0.39 is 0 Å². The molecule has 1 aliphatic rings. The Morgan fingerprint density at radius 1 is 1.48 bits per heavy atom. The molecule has 0 bridgehead atoms. The van der Waals surface area contributed by atoms with E-state index in [1.54, 1.807) is 0 Å². The Kier molecular flexibility index (Phi) is 4.31. The van der Waals surface area contributed by atoms with Gasteiger partial charge in [0.1, 0.15) is 5.75 Å². The van der Waals surface area contributed by atoms with E-state index in [0.29, 0.717) is 6.04 Å². The number of nitrogens with zero attached hydrogens (tertiary/aromatic N) is 2. The summed E-state index contributed by atoms with van der Waals surface area (Å²) in [7, 11) is 1.96. The van der Waals surface area contributed by atoms with Crippen molar-refractivity contribution in [1.29, 1.82) is 0 Å². The molecular formula is C16H20BrN3O. The molecule has 0 radical (unpaired) electrons. The number of rotatable bonds is 3. The van der Waals surface area contributed by atoms with Crippen molar-refractivity contribution < 1.29 is 4.74 Å². The van der Waals surface area contributed by atoms with Crippen LogP contribution < -0.4 is 10.1 Å². The van der Waals surface area contributed by atoms with Crippen LogP contribution in [-0.2, 0) is 13.6 Å². The van der Waals surface area contributed by atoms with Gasteiger partial charge in [-0.15, -0.1) is 0 Å². The van der Waals surface area contributed by atoms with Crippen LogP contribution in [0.1, 0.15) is 35.7 Å². The summed E-state index contributed by atoms with van der Waals surface area (Å²) in [5, 5.41) is 8.05. The molecule has 1 aliphatic heterocycles. The third-order valence-corrected chi connectivity index (χ3v) is 4.39. The predicted molar refractivity (Wildman–Crippen MR) is 86.4 cm³/mol. The lowest BCUT2D eigenvalue weighted by Crippen LogP contribution is -2.20. The summed E-state index contributed by atoms with van der Waals surface area (Å²) in [5.41, 5.74) is 3.59. The SMILES string of the molecule is Cc1nn(C)cc1CNC1CCCOc2cc(Br)ccc21. The summed E-state index contributed by atoms with van der Waals surface area (Å²) in [6.07, 6.45) is 4.24. The van der Waals surface area contributed by atoms with E-state index >= 15 is 0 Å². The molecule has 2 aromatic rings. The first-order chi connectivity index (χ1) is 10.1. The van der Waals surface area contributed by atoms with Gasteiger partial charge in [0.25, 0.3) is 0 Å². The van der Waals surface area contributed by atoms with Crippen molar-refractivity contribution in [3.8, 4) is 5.75 Å². The van der Waals surface area contributed by atoms with E-state index in [-0.39, 0.29) is 0 Å². The van der Waals surface area contributed by atoms with Gasteiger partial charge >= 0.3 is 0 Å². The summed E-state index contributed by atoms with van der Waals surface area (Å²) < 4.78 is 8.78. The standard InChI is InChI=1S/C16H20BrN3O/c1-11-12(10-20(2)19-11)9-18-15-4-3-7-21-16-8-13(17)5-6-14(15)16/h5-6,8,10,15,18H,3-4,7,9H2,1-2H3. The van der Waals surface area contributed by atoms with Crippen LogP contribution in [0.5, 0.6) is 5.75 Å². The fraction of sp³-hybridized carbons (Fsp3) is 0.438. The Morgan fingerprint density at radius 3 is 3.10 bits per heavy atom. The van der Waals surface area contributed by atoms with E-state index in [4.69, 9.17) is 4.74 Å². The highest BCUT2D eigenvalue weighted by Crippen LogP contribution is 2.33. The van der Waals surface area contributed by atoms with Gasteiger partial charge in [0.15, 0.2) is 0 Å². The van der Waals surface area contributed by atoms with Crippen LogP contribution in [-0.4, -0.2) is 16.4 Å². The average Bonchev–Trinajstić information content (AvgIpc) is 2.66. The number of halogens is 1. The van der Waals surface area contributed by atoms with E-state index in [0.717, 1.165) is 41.9 Å². The summed E-state index contributed by atoms with van der Waals surface area (Å²) in [6, 6.07) is 6.62. The molecule has 0 aliphatic carbocycles. The first kappa shape index (κ1) is 14.6. The second-order valence-electron chi connectivity index (χ2n) is 5.52. The minimum Gasteiger partial charge on any atom is -0.493 e. The van der Waals surface area contributed by atoms with Gasteiger partial charge in [0.05, 0.1) is 12.3 Å². The molecule has 112 valence electrons. The number of nitrogens with one attached hydrogen (secondary N) is 1. The van der Waals surface area contributed by atoms with Gasteiger partial charge in [-0.1, -0.05) is 22.0 Å². The molecule has 1 N–H and O–H groups in total. The third-order valence-electron chi connectivity index (χ3n) is 3.90. The zero-order valence-electron chi connectivity index (χ0n) is 12.4.